The molecule has 2 aromatic heterocycles. The molecule has 7 nitrogen and oxygen atoms in total. The van der Waals surface area contributed by atoms with Gasteiger partial charge in [-0.2, -0.15) is 5.10 Å². The molecule has 180 valence electrons. The van der Waals surface area contributed by atoms with Gasteiger partial charge in [0.2, 0.25) is 0 Å². The average Bonchev–Trinajstić information content (AvgIpc) is 3.54. The minimum absolute atomic E-state index is 0.146. The van der Waals surface area contributed by atoms with Crippen LogP contribution in [-0.4, -0.2) is 32.7 Å². The number of rotatable bonds is 8. The molecule has 5 rings (SSSR count). The van der Waals surface area contributed by atoms with Crippen LogP contribution in [0, 0.1) is 13.8 Å². The summed E-state index contributed by atoms with van der Waals surface area (Å²) in [7, 11) is 0. The van der Waals surface area contributed by atoms with Gasteiger partial charge in [-0.1, -0.05) is 31.5 Å². The summed E-state index contributed by atoms with van der Waals surface area (Å²) >= 11 is 0. The van der Waals surface area contributed by atoms with Crippen molar-refractivity contribution in [1.29, 1.82) is 0 Å². The largest absolute Gasteiger partial charge is 0.507 e. The number of ether oxygens (including phenoxy) is 1. The first-order valence-electron chi connectivity index (χ1n) is 11.9. The molecule has 35 heavy (non-hydrogen) atoms. The topological polar surface area (TPSA) is 91.6 Å². The number of aromatic hydroxyl groups is 1. The summed E-state index contributed by atoms with van der Waals surface area (Å²) in [5.41, 5.74) is 5.18. The molecule has 0 aliphatic carbocycles. The number of H-pyrrole nitrogens is 1. The molecule has 0 spiro atoms. The first-order chi connectivity index (χ1) is 17.0. The lowest BCUT2D eigenvalue weighted by atomic mass is 9.93. The number of fused-ring (bicyclic) bond motifs is 1. The Labute approximate surface area is 204 Å². The van der Waals surface area contributed by atoms with Crippen molar-refractivity contribution in [3.05, 3.63) is 88.5 Å². The SMILES string of the molecule is CCCCOc1ccc(C2c3c(-c4c(C)cc(C)cc4O)n[nH]c3C(=O)N2Cc2ccco2)cc1. The highest BCUT2D eigenvalue weighted by Gasteiger charge is 2.43. The minimum atomic E-state index is -0.402. The van der Waals surface area contributed by atoms with Gasteiger partial charge in [-0.05, 0) is 67.3 Å². The molecule has 0 saturated heterocycles. The first-order valence-corrected chi connectivity index (χ1v) is 11.9. The van der Waals surface area contributed by atoms with Gasteiger partial charge in [0.25, 0.3) is 5.91 Å². The van der Waals surface area contributed by atoms with Crippen molar-refractivity contribution in [1.82, 2.24) is 15.1 Å². The number of aryl methyl sites for hydroxylation is 2. The minimum Gasteiger partial charge on any atom is -0.507 e. The van der Waals surface area contributed by atoms with E-state index in [1.165, 1.54) is 0 Å². The van der Waals surface area contributed by atoms with Crippen LogP contribution in [0.1, 0.15) is 64.3 Å². The first kappa shape index (κ1) is 22.8. The number of aromatic amines is 1. The van der Waals surface area contributed by atoms with Crippen molar-refractivity contribution in [3.63, 3.8) is 0 Å². The molecule has 1 aliphatic rings. The number of carbonyl (C=O) groups is 1. The molecule has 1 unspecified atom stereocenters. The molecule has 1 amide bonds. The van der Waals surface area contributed by atoms with E-state index in [1.807, 2.05) is 56.3 Å². The summed E-state index contributed by atoms with van der Waals surface area (Å²) in [6.07, 6.45) is 3.67. The van der Waals surface area contributed by atoms with Crippen LogP contribution in [0.25, 0.3) is 11.3 Å². The molecular formula is C28H29N3O4. The summed E-state index contributed by atoms with van der Waals surface area (Å²) in [6.45, 7) is 6.99. The molecule has 1 atom stereocenters. The highest BCUT2D eigenvalue weighted by molar-refractivity contribution is 6.00. The molecule has 0 saturated carbocycles. The number of carbonyl (C=O) groups excluding carboxylic acids is 1. The standard InChI is InChI=1S/C28H29N3O4/c1-4-5-12-34-20-10-8-19(9-11-20)27-24-25(23-18(3)14-17(2)15-22(23)32)29-30-26(24)28(33)31(27)16-21-7-6-13-35-21/h6-11,13-15,27,32H,4-5,12,16H2,1-3H3,(H,29,30). The maximum absolute atomic E-state index is 13.5. The zero-order chi connectivity index (χ0) is 24.5. The Morgan fingerprint density at radius 3 is 2.66 bits per heavy atom. The number of amides is 1. The van der Waals surface area contributed by atoms with Gasteiger partial charge in [0.1, 0.15) is 28.6 Å². The van der Waals surface area contributed by atoms with Gasteiger partial charge in [-0.3, -0.25) is 9.89 Å². The Balaban J connectivity index is 1.60. The quantitative estimate of drug-likeness (QED) is 0.311. The molecule has 3 heterocycles. The Hall–Kier alpha value is -4.00. The van der Waals surface area contributed by atoms with Crippen molar-refractivity contribution >= 4 is 5.91 Å². The van der Waals surface area contributed by atoms with Crippen molar-refractivity contribution in [2.24, 2.45) is 0 Å². The molecule has 4 aromatic rings. The van der Waals surface area contributed by atoms with Gasteiger partial charge in [-0.25, -0.2) is 0 Å². The lowest BCUT2D eigenvalue weighted by Crippen LogP contribution is -2.29. The fourth-order valence-electron chi connectivity index (χ4n) is 4.80. The van der Waals surface area contributed by atoms with Gasteiger partial charge in [0.05, 0.1) is 25.5 Å². The van der Waals surface area contributed by atoms with Crippen LogP contribution in [0.4, 0.5) is 0 Å². The van der Waals surface area contributed by atoms with Crippen LogP contribution in [-0.2, 0) is 6.54 Å². The summed E-state index contributed by atoms with van der Waals surface area (Å²) in [6, 6.07) is 14.8. The van der Waals surface area contributed by atoms with Crippen molar-refractivity contribution < 1.29 is 19.1 Å². The van der Waals surface area contributed by atoms with Crippen molar-refractivity contribution in [3.8, 4) is 22.8 Å². The number of hydrogen-bond donors (Lipinski definition) is 2. The molecule has 2 N–H and O–H groups in total. The number of benzene rings is 2. The van der Waals surface area contributed by atoms with Crippen LogP contribution in [0.15, 0.2) is 59.2 Å². The highest BCUT2D eigenvalue weighted by atomic mass is 16.5. The number of aromatic nitrogens is 2. The molecule has 1 aliphatic heterocycles. The van der Waals surface area contributed by atoms with E-state index in [0.717, 1.165) is 40.8 Å². The van der Waals surface area contributed by atoms with Gasteiger partial charge in [-0.15, -0.1) is 0 Å². The third-order valence-corrected chi connectivity index (χ3v) is 6.43. The second-order valence-electron chi connectivity index (χ2n) is 9.02. The van der Waals surface area contributed by atoms with E-state index in [1.54, 1.807) is 17.2 Å². The van der Waals surface area contributed by atoms with Gasteiger partial charge in [0.15, 0.2) is 0 Å². The van der Waals surface area contributed by atoms with E-state index in [-0.39, 0.29) is 11.7 Å². The maximum atomic E-state index is 13.5. The number of phenols is 1. The predicted octanol–water partition coefficient (Wildman–Crippen LogP) is 5.92. The molecule has 0 fully saturated rings. The average molecular weight is 472 g/mol. The molecule has 0 radical (unpaired) electrons. The Kier molecular flexibility index (Phi) is 6.07. The zero-order valence-electron chi connectivity index (χ0n) is 20.2. The number of nitrogens with one attached hydrogen (secondary N) is 1. The zero-order valence-corrected chi connectivity index (χ0v) is 20.2. The third kappa shape index (κ3) is 4.18. The van der Waals surface area contributed by atoms with E-state index < -0.39 is 6.04 Å². The molecule has 2 aromatic carbocycles. The fraction of sp³-hybridized carbons (Fsp3) is 0.286. The number of nitrogens with zero attached hydrogens (tertiary/aromatic N) is 2. The van der Waals surface area contributed by atoms with Gasteiger partial charge >= 0.3 is 0 Å². The monoisotopic (exact) mass is 471 g/mol. The highest BCUT2D eigenvalue weighted by Crippen LogP contribution is 2.46. The van der Waals surface area contributed by atoms with Crippen LogP contribution >= 0.6 is 0 Å². The Morgan fingerprint density at radius 1 is 1.17 bits per heavy atom. The van der Waals surface area contributed by atoms with E-state index in [2.05, 4.69) is 17.1 Å². The van der Waals surface area contributed by atoms with Crippen molar-refractivity contribution in [2.75, 3.05) is 6.61 Å². The lowest BCUT2D eigenvalue weighted by molar-refractivity contribution is 0.0717. The molecular weight excluding hydrogens is 442 g/mol. The lowest BCUT2D eigenvalue weighted by Gasteiger charge is -2.26. The van der Waals surface area contributed by atoms with Crippen LogP contribution in [0.5, 0.6) is 11.5 Å². The molecule has 7 heteroatoms. The Morgan fingerprint density at radius 2 is 1.97 bits per heavy atom. The smallest absolute Gasteiger partial charge is 0.273 e. The summed E-state index contributed by atoms with van der Waals surface area (Å²) in [4.78, 5) is 15.3. The van der Waals surface area contributed by atoms with E-state index in [0.29, 0.717) is 35.9 Å². The number of hydrogen-bond acceptors (Lipinski definition) is 5. The second kappa shape index (κ2) is 9.33. The second-order valence-corrected chi connectivity index (χ2v) is 9.02. The Bertz CT molecular complexity index is 1320. The van der Waals surface area contributed by atoms with Gasteiger partial charge < -0.3 is 19.2 Å². The van der Waals surface area contributed by atoms with E-state index >= 15 is 0 Å². The van der Waals surface area contributed by atoms with Crippen molar-refractivity contribution in [2.45, 2.75) is 46.2 Å². The van der Waals surface area contributed by atoms with Crippen LogP contribution in [0.3, 0.4) is 0 Å². The summed E-state index contributed by atoms with van der Waals surface area (Å²) in [5, 5.41) is 18.3. The maximum Gasteiger partial charge on any atom is 0.273 e. The van der Waals surface area contributed by atoms with E-state index in [4.69, 9.17) is 9.15 Å². The van der Waals surface area contributed by atoms with Crippen LogP contribution in [0.2, 0.25) is 0 Å². The van der Waals surface area contributed by atoms with E-state index in [9.17, 15) is 9.90 Å². The van der Waals surface area contributed by atoms with Gasteiger partial charge in [0, 0.05) is 11.1 Å². The fourth-order valence-corrected chi connectivity index (χ4v) is 4.80. The van der Waals surface area contributed by atoms with Crippen LogP contribution < -0.4 is 4.74 Å². The molecule has 0 bridgehead atoms. The summed E-state index contributed by atoms with van der Waals surface area (Å²) in [5.74, 6) is 1.47. The normalized spacial score (nSPS) is 15.0. The predicted molar refractivity (Wildman–Crippen MR) is 132 cm³/mol. The number of furan rings is 1. The number of phenolic OH excluding ortho intramolecular Hbond substituents is 1. The number of unbranched alkanes of at least 4 members (excludes halogenated alkanes) is 1. The summed E-state index contributed by atoms with van der Waals surface area (Å²) < 4.78 is 11.4. The third-order valence-electron chi connectivity index (χ3n) is 6.43.